The Labute approximate surface area is 95.7 Å². The van der Waals surface area contributed by atoms with Crippen LogP contribution in [0.3, 0.4) is 0 Å². The lowest BCUT2D eigenvalue weighted by Crippen LogP contribution is -2.07. The van der Waals surface area contributed by atoms with Gasteiger partial charge < -0.3 is 9.67 Å². The summed E-state index contributed by atoms with van der Waals surface area (Å²) in [5, 5.41) is 9.18. The molecule has 0 bridgehead atoms. The van der Waals surface area contributed by atoms with E-state index >= 15 is 0 Å². The average Bonchev–Trinajstić information content (AvgIpc) is 2.68. The van der Waals surface area contributed by atoms with Crippen molar-refractivity contribution in [2.75, 3.05) is 6.61 Å². The van der Waals surface area contributed by atoms with Gasteiger partial charge in [0.1, 0.15) is 0 Å². The lowest BCUT2D eigenvalue weighted by molar-refractivity contribution is 0.222. The van der Waals surface area contributed by atoms with E-state index in [9.17, 15) is 5.11 Å². The standard InChI is InChI=1S/C13H18N2O/c1-3-10(8-16)6-11-4-5-13-12(7-11)14-9-15(13)2/h4-5,7,9-10,16H,3,6,8H2,1-2H3. The molecular weight excluding hydrogens is 200 g/mol. The molecule has 3 heteroatoms. The van der Waals surface area contributed by atoms with Crippen molar-refractivity contribution in [2.24, 2.45) is 13.0 Å². The van der Waals surface area contributed by atoms with E-state index in [2.05, 4.69) is 30.1 Å². The van der Waals surface area contributed by atoms with Gasteiger partial charge in [-0.05, 0) is 30.0 Å². The Bertz CT molecular complexity index is 472. The molecule has 2 rings (SSSR count). The summed E-state index contributed by atoms with van der Waals surface area (Å²) in [7, 11) is 2.00. The smallest absolute Gasteiger partial charge is 0.0955 e. The molecule has 1 atom stereocenters. The maximum atomic E-state index is 9.18. The zero-order valence-electron chi connectivity index (χ0n) is 9.85. The first-order chi connectivity index (χ1) is 7.74. The van der Waals surface area contributed by atoms with E-state index in [0.29, 0.717) is 5.92 Å². The van der Waals surface area contributed by atoms with Gasteiger partial charge in [-0.25, -0.2) is 4.98 Å². The highest BCUT2D eigenvalue weighted by Gasteiger charge is 2.07. The Kier molecular flexibility index (Phi) is 3.25. The number of rotatable bonds is 4. The lowest BCUT2D eigenvalue weighted by Gasteiger charge is -2.11. The summed E-state index contributed by atoms with van der Waals surface area (Å²) < 4.78 is 2.02. The van der Waals surface area contributed by atoms with Gasteiger partial charge in [0.05, 0.1) is 17.4 Å². The third-order valence-electron chi connectivity index (χ3n) is 3.15. The molecule has 0 radical (unpaired) electrons. The molecule has 1 unspecified atom stereocenters. The van der Waals surface area contributed by atoms with Crippen molar-refractivity contribution in [3.8, 4) is 0 Å². The number of fused-ring (bicyclic) bond motifs is 1. The topological polar surface area (TPSA) is 38.1 Å². The van der Waals surface area contributed by atoms with Crippen molar-refractivity contribution in [3.05, 3.63) is 30.1 Å². The summed E-state index contributed by atoms with van der Waals surface area (Å²) in [5.41, 5.74) is 3.45. The van der Waals surface area contributed by atoms with Crippen LogP contribution in [0, 0.1) is 5.92 Å². The average molecular weight is 218 g/mol. The predicted octanol–water partition coefficient (Wildman–Crippen LogP) is 2.13. The van der Waals surface area contributed by atoms with Crippen LogP contribution in [0.1, 0.15) is 18.9 Å². The Hall–Kier alpha value is -1.35. The molecule has 0 aliphatic rings. The molecule has 0 spiro atoms. The van der Waals surface area contributed by atoms with E-state index in [1.165, 1.54) is 5.56 Å². The molecule has 0 fully saturated rings. The summed E-state index contributed by atoms with van der Waals surface area (Å²) in [4.78, 5) is 4.34. The highest BCUT2D eigenvalue weighted by Crippen LogP contribution is 2.17. The summed E-state index contributed by atoms with van der Waals surface area (Å²) in [6, 6.07) is 6.34. The number of hydrogen-bond donors (Lipinski definition) is 1. The first-order valence-corrected chi connectivity index (χ1v) is 5.75. The number of aliphatic hydroxyl groups is 1. The van der Waals surface area contributed by atoms with Gasteiger partial charge in [0.15, 0.2) is 0 Å². The van der Waals surface area contributed by atoms with Crippen LogP contribution in [0.15, 0.2) is 24.5 Å². The minimum Gasteiger partial charge on any atom is -0.396 e. The van der Waals surface area contributed by atoms with Gasteiger partial charge in [-0.2, -0.15) is 0 Å². The van der Waals surface area contributed by atoms with E-state index in [1.54, 1.807) is 0 Å². The third kappa shape index (κ3) is 2.09. The lowest BCUT2D eigenvalue weighted by atomic mass is 9.97. The van der Waals surface area contributed by atoms with Gasteiger partial charge >= 0.3 is 0 Å². The fraction of sp³-hybridized carbons (Fsp3) is 0.462. The SMILES string of the molecule is CCC(CO)Cc1ccc2c(c1)ncn2C. The third-order valence-corrected chi connectivity index (χ3v) is 3.15. The van der Waals surface area contributed by atoms with Crippen LogP contribution in [-0.2, 0) is 13.5 Å². The molecule has 86 valence electrons. The number of aliphatic hydroxyl groups excluding tert-OH is 1. The van der Waals surface area contributed by atoms with Crippen LogP contribution >= 0.6 is 0 Å². The molecule has 3 nitrogen and oxygen atoms in total. The second kappa shape index (κ2) is 4.66. The molecule has 1 aromatic carbocycles. The molecule has 1 N–H and O–H groups in total. The molecule has 2 aromatic rings. The van der Waals surface area contributed by atoms with Crippen LogP contribution in [0.25, 0.3) is 11.0 Å². The van der Waals surface area contributed by atoms with Crippen LogP contribution < -0.4 is 0 Å². The minimum absolute atomic E-state index is 0.261. The number of aromatic nitrogens is 2. The van der Waals surface area contributed by atoms with Crippen molar-refractivity contribution >= 4 is 11.0 Å². The number of aryl methyl sites for hydroxylation is 1. The Morgan fingerprint density at radius 2 is 2.25 bits per heavy atom. The van der Waals surface area contributed by atoms with E-state index in [0.717, 1.165) is 23.9 Å². The molecular formula is C13H18N2O. The van der Waals surface area contributed by atoms with E-state index in [-0.39, 0.29) is 6.61 Å². The zero-order chi connectivity index (χ0) is 11.5. The maximum absolute atomic E-state index is 9.18. The van der Waals surface area contributed by atoms with E-state index in [1.807, 2.05) is 17.9 Å². The van der Waals surface area contributed by atoms with Crippen LogP contribution in [0.5, 0.6) is 0 Å². The monoisotopic (exact) mass is 218 g/mol. The van der Waals surface area contributed by atoms with Crippen LogP contribution in [0.2, 0.25) is 0 Å². The molecule has 1 aromatic heterocycles. The van der Waals surface area contributed by atoms with Crippen molar-refractivity contribution < 1.29 is 5.11 Å². The highest BCUT2D eigenvalue weighted by atomic mass is 16.3. The summed E-state index contributed by atoms with van der Waals surface area (Å²) in [6.07, 6.45) is 3.77. The number of nitrogens with zero attached hydrogens (tertiary/aromatic N) is 2. The molecule has 1 heterocycles. The predicted molar refractivity (Wildman–Crippen MR) is 65.3 cm³/mol. The van der Waals surface area contributed by atoms with Gasteiger partial charge in [0.25, 0.3) is 0 Å². The van der Waals surface area contributed by atoms with E-state index in [4.69, 9.17) is 0 Å². The normalized spacial score (nSPS) is 13.2. The molecule has 0 saturated heterocycles. The maximum Gasteiger partial charge on any atom is 0.0955 e. The number of benzene rings is 1. The quantitative estimate of drug-likeness (QED) is 0.853. The highest BCUT2D eigenvalue weighted by molar-refractivity contribution is 5.75. The molecule has 0 aliphatic heterocycles. The van der Waals surface area contributed by atoms with Crippen molar-refractivity contribution in [1.82, 2.24) is 9.55 Å². The molecule has 16 heavy (non-hydrogen) atoms. The van der Waals surface area contributed by atoms with Gasteiger partial charge in [-0.15, -0.1) is 0 Å². The van der Waals surface area contributed by atoms with Gasteiger partial charge in [-0.3, -0.25) is 0 Å². The Morgan fingerprint density at radius 3 is 2.94 bits per heavy atom. The number of imidazole rings is 1. The molecule has 0 amide bonds. The fourth-order valence-corrected chi connectivity index (χ4v) is 1.98. The van der Waals surface area contributed by atoms with Crippen molar-refractivity contribution in [1.29, 1.82) is 0 Å². The van der Waals surface area contributed by atoms with Gasteiger partial charge in [-0.1, -0.05) is 19.4 Å². The fourth-order valence-electron chi connectivity index (χ4n) is 1.98. The Balaban J connectivity index is 2.25. The summed E-state index contributed by atoms with van der Waals surface area (Å²) >= 11 is 0. The zero-order valence-corrected chi connectivity index (χ0v) is 9.85. The first kappa shape index (κ1) is 11.1. The van der Waals surface area contributed by atoms with Crippen LogP contribution in [0.4, 0.5) is 0 Å². The van der Waals surface area contributed by atoms with Gasteiger partial charge in [0.2, 0.25) is 0 Å². The first-order valence-electron chi connectivity index (χ1n) is 5.75. The van der Waals surface area contributed by atoms with Crippen LogP contribution in [-0.4, -0.2) is 21.3 Å². The summed E-state index contributed by atoms with van der Waals surface area (Å²) in [5.74, 6) is 0.362. The molecule has 0 saturated carbocycles. The second-order valence-corrected chi connectivity index (χ2v) is 4.34. The Morgan fingerprint density at radius 1 is 1.44 bits per heavy atom. The summed E-state index contributed by atoms with van der Waals surface area (Å²) in [6.45, 7) is 2.37. The molecule has 0 aliphatic carbocycles. The second-order valence-electron chi connectivity index (χ2n) is 4.34. The largest absolute Gasteiger partial charge is 0.396 e. The van der Waals surface area contributed by atoms with Crippen molar-refractivity contribution in [2.45, 2.75) is 19.8 Å². The minimum atomic E-state index is 0.261. The number of hydrogen-bond acceptors (Lipinski definition) is 2. The van der Waals surface area contributed by atoms with E-state index < -0.39 is 0 Å². The van der Waals surface area contributed by atoms with Gasteiger partial charge in [0, 0.05) is 13.7 Å². The van der Waals surface area contributed by atoms with Crippen molar-refractivity contribution in [3.63, 3.8) is 0 Å².